The Bertz CT molecular complexity index is 641. The third-order valence-corrected chi connectivity index (χ3v) is 4.90. The Morgan fingerprint density at radius 3 is 2.06 bits per heavy atom. The lowest BCUT2D eigenvalue weighted by Gasteiger charge is -2.25. The van der Waals surface area contributed by atoms with Crippen LogP contribution in [0.3, 0.4) is 0 Å². The molecule has 0 radical (unpaired) electrons. The summed E-state index contributed by atoms with van der Waals surface area (Å²) in [7, 11) is 0. The molecule has 0 aromatic carbocycles. The maximum absolute atomic E-state index is 12.8. The van der Waals surface area contributed by atoms with Gasteiger partial charge < -0.3 is 38.3 Å². The van der Waals surface area contributed by atoms with Gasteiger partial charge in [-0.25, -0.2) is 4.79 Å². The van der Waals surface area contributed by atoms with Gasteiger partial charge in [0, 0.05) is 6.54 Å². The number of guanidine groups is 1. The first-order valence-corrected chi connectivity index (χ1v) is 11.3. The van der Waals surface area contributed by atoms with Crippen molar-refractivity contribution in [3.8, 4) is 0 Å². The molecule has 0 rings (SSSR count). The summed E-state index contributed by atoms with van der Waals surface area (Å²) in [5.41, 5.74) is 15.9. The number of nitrogens with two attached hydrogens (primary N) is 3. The third-order valence-electron chi connectivity index (χ3n) is 4.26. The molecular formula is C18H35N7O5S. The maximum atomic E-state index is 12.8. The van der Waals surface area contributed by atoms with Crippen molar-refractivity contribution in [2.24, 2.45) is 28.1 Å². The molecule has 0 spiro atoms. The Kier molecular flexibility index (Phi) is 14.0. The Balaban J connectivity index is 5.41. The Morgan fingerprint density at radius 2 is 1.58 bits per heavy atom. The Morgan fingerprint density at radius 1 is 1.00 bits per heavy atom. The summed E-state index contributed by atoms with van der Waals surface area (Å²) >= 11 is 1.50. The van der Waals surface area contributed by atoms with Crippen molar-refractivity contribution in [3.05, 3.63) is 0 Å². The predicted octanol–water partition coefficient (Wildman–Crippen LogP) is -2.05. The van der Waals surface area contributed by atoms with Crippen molar-refractivity contribution in [1.82, 2.24) is 16.0 Å². The van der Waals surface area contributed by atoms with Gasteiger partial charge in [-0.2, -0.15) is 11.8 Å². The van der Waals surface area contributed by atoms with Gasteiger partial charge in [-0.05, 0) is 37.2 Å². The summed E-state index contributed by atoms with van der Waals surface area (Å²) in [6.45, 7) is 3.27. The lowest BCUT2D eigenvalue weighted by Crippen LogP contribution is -2.57. The number of thioether (sulfide) groups is 1. The van der Waals surface area contributed by atoms with Gasteiger partial charge in [0.15, 0.2) is 5.96 Å². The van der Waals surface area contributed by atoms with E-state index in [1.54, 1.807) is 13.8 Å². The van der Waals surface area contributed by atoms with Gasteiger partial charge in [0.2, 0.25) is 17.7 Å². The van der Waals surface area contributed by atoms with E-state index >= 15 is 0 Å². The molecule has 3 atom stereocenters. The number of aliphatic imine (C=N–C) groups is 1. The third kappa shape index (κ3) is 12.0. The Labute approximate surface area is 186 Å². The second-order valence-corrected chi connectivity index (χ2v) is 8.17. The molecule has 12 nitrogen and oxygen atoms in total. The minimum atomic E-state index is -1.18. The molecule has 3 amide bonds. The summed E-state index contributed by atoms with van der Waals surface area (Å²) in [5, 5.41) is 16.9. The summed E-state index contributed by atoms with van der Waals surface area (Å²) < 4.78 is 0. The summed E-state index contributed by atoms with van der Waals surface area (Å²) in [5.74, 6) is -2.75. The number of carboxylic acids is 1. The fourth-order valence-corrected chi connectivity index (χ4v) is 3.04. The molecule has 0 aromatic rings. The average molecular weight is 462 g/mol. The van der Waals surface area contributed by atoms with Crippen LogP contribution in [0.15, 0.2) is 4.99 Å². The second-order valence-electron chi connectivity index (χ2n) is 7.18. The SMILES string of the molecule is CSCCC(NC(=O)CN)C(=O)NC(CCCN=C(N)N)C(=O)NC(C(=O)O)C(C)C. The molecule has 0 fully saturated rings. The fraction of sp³-hybridized carbons (Fsp3) is 0.722. The van der Waals surface area contributed by atoms with Crippen LogP contribution in [0.2, 0.25) is 0 Å². The topological polar surface area (TPSA) is 215 Å². The number of hydrogen-bond donors (Lipinski definition) is 7. The van der Waals surface area contributed by atoms with Crippen molar-refractivity contribution in [3.63, 3.8) is 0 Å². The highest BCUT2D eigenvalue weighted by Gasteiger charge is 2.30. The Hall–Kier alpha value is -2.54. The standard InChI is InChI=1S/C18H35N7O5S/c1-10(2)14(17(29)30)25-16(28)11(5-4-7-22-18(20)21)24-15(27)12(6-8-31-3)23-13(26)9-19/h10-12,14H,4-9,19H2,1-3H3,(H,23,26)(H,24,27)(H,25,28)(H,29,30)(H4,20,21,22). The van der Waals surface area contributed by atoms with E-state index in [4.69, 9.17) is 17.2 Å². The normalized spacial score (nSPS) is 13.6. The number of amides is 3. The first-order chi connectivity index (χ1) is 14.5. The average Bonchev–Trinajstić information content (AvgIpc) is 2.69. The van der Waals surface area contributed by atoms with E-state index in [9.17, 15) is 24.3 Å². The lowest BCUT2D eigenvalue weighted by atomic mass is 10.0. The number of aliphatic carboxylic acids is 1. The molecule has 13 heteroatoms. The highest BCUT2D eigenvalue weighted by Crippen LogP contribution is 2.07. The fourth-order valence-electron chi connectivity index (χ4n) is 2.57. The van der Waals surface area contributed by atoms with Crippen molar-refractivity contribution in [1.29, 1.82) is 0 Å². The predicted molar refractivity (Wildman–Crippen MR) is 120 cm³/mol. The number of nitrogens with zero attached hydrogens (tertiary/aromatic N) is 1. The number of carbonyl (C=O) groups is 4. The van der Waals surface area contributed by atoms with Gasteiger partial charge in [-0.1, -0.05) is 13.8 Å². The van der Waals surface area contributed by atoms with Crippen LogP contribution < -0.4 is 33.2 Å². The van der Waals surface area contributed by atoms with Crippen molar-refractivity contribution in [2.45, 2.75) is 51.2 Å². The van der Waals surface area contributed by atoms with Gasteiger partial charge in [-0.15, -0.1) is 0 Å². The zero-order valence-corrected chi connectivity index (χ0v) is 19.0. The number of rotatable bonds is 15. The first-order valence-electron chi connectivity index (χ1n) is 9.90. The van der Waals surface area contributed by atoms with Crippen LogP contribution in [0.1, 0.15) is 33.1 Å². The van der Waals surface area contributed by atoms with E-state index in [1.807, 2.05) is 6.26 Å². The van der Waals surface area contributed by atoms with E-state index in [0.29, 0.717) is 18.6 Å². The van der Waals surface area contributed by atoms with E-state index in [0.717, 1.165) is 0 Å². The van der Waals surface area contributed by atoms with Gasteiger partial charge in [0.1, 0.15) is 18.1 Å². The van der Waals surface area contributed by atoms with Crippen molar-refractivity contribution in [2.75, 3.05) is 25.1 Å². The number of nitrogens with one attached hydrogen (secondary N) is 3. The second kappa shape index (κ2) is 15.3. The molecule has 0 aliphatic heterocycles. The molecule has 0 saturated carbocycles. The van der Waals surface area contributed by atoms with Crippen LogP contribution >= 0.6 is 11.8 Å². The zero-order valence-electron chi connectivity index (χ0n) is 18.2. The van der Waals surface area contributed by atoms with E-state index in [2.05, 4.69) is 20.9 Å². The van der Waals surface area contributed by atoms with E-state index in [1.165, 1.54) is 11.8 Å². The molecule has 0 aromatic heterocycles. The van der Waals surface area contributed by atoms with Gasteiger partial charge >= 0.3 is 5.97 Å². The molecule has 0 aliphatic carbocycles. The van der Waals surface area contributed by atoms with Crippen molar-refractivity contribution < 1.29 is 24.3 Å². The molecule has 0 bridgehead atoms. The van der Waals surface area contributed by atoms with E-state index in [-0.39, 0.29) is 31.4 Å². The highest BCUT2D eigenvalue weighted by molar-refractivity contribution is 7.98. The minimum absolute atomic E-state index is 0.0996. The lowest BCUT2D eigenvalue weighted by molar-refractivity contribution is -0.143. The zero-order chi connectivity index (χ0) is 24.0. The molecule has 10 N–H and O–H groups in total. The molecule has 0 aliphatic rings. The number of carbonyl (C=O) groups excluding carboxylic acids is 3. The maximum Gasteiger partial charge on any atom is 0.326 e. The smallest absolute Gasteiger partial charge is 0.326 e. The monoisotopic (exact) mass is 461 g/mol. The number of carboxylic acid groups (broad SMARTS) is 1. The van der Waals surface area contributed by atoms with Crippen molar-refractivity contribution >= 4 is 41.4 Å². The van der Waals surface area contributed by atoms with Crippen LogP contribution in [-0.4, -0.2) is 78.0 Å². The summed E-state index contributed by atoms with van der Waals surface area (Å²) in [6, 6.07) is -3.03. The summed E-state index contributed by atoms with van der Waals surface area (Å²) in [6.07, 6.45) is 2.72. The van der Waals surface area contributed by atoms with Crippen LogP contribution in [0.5, 0.6) is 0 Å². The molecule has 3 unspecified atom stereocenters. The molecule has 0 heterocycles. The van der Waals surface area contributed by atoms with E-state index < -0.39 is 41.8 Å². The van der Waals surface area contributed by atoms with Crippen LogP contribution in [0.25, 0.3) is 0 Å². The molecule has 0 saturated heterocycles. The highest BCUT2D eigenvalue weighted by atomic mass is 32.2. The molecule has 31 heavy (non-hydrogen) atoms. The quantitative estimate of drug-likeness (QED) is 0.0810. The van der Waals surface area contributed by atoms with Gasteiger partial charge in [0.25, 0.3) is 0 Å². The van der Waals surface area contributed by atoms with Crippen LogP contribution in [0.4, 0.5) is 0 Å². The summed E-state index contributed by atoms with van der Waals surface area (Å²) in [4.78, 5) is 52.5. The van der Waals surface area contributed by atoms with Gasteiger partial charge in [-0.3, -0.25) is 19.4 Å². The van der Waals surface area contributed by atoms with Crippen LogP contribution in [0, 0.1) is 5.92 Å². The molecule has 178 valence electrons. The first kappa shape index (κ1) is 28.5. The van der Waals surface area contributed by atoms with Gasteiger partial charge in [0.05, 0.1) is 6.54 Å². The number of hydrogen-bond acceptors (Lipinski definition) is 7. The molecular weight excluding hydrogens is 426 g/mol. The van der Waals surface area contributed by atoms with Crippen LogP contribution in [-0.2, 0) is 19.2 Å². The largest absolute Gasteiger partial charge is 0.480 e. The minimum Gasteiger partial charge on any atom is -0.480 e.